The van der Waals surface area contributed by atoms with Crippen molar-refractivity contribution in [3.05, 3.63) is 62.0 Å². The number of carbonyl (C=O) groups excluding carboxylic acids is 1. The molecule has 0 amide bonds. The Hall–Kier alpha value is -1.13. The van der Waals surface area contributed by atoms with Gasteiger partial charge in [0.1, 0.15) is 5.75 Å². The van der Waals surface area contributed by atoms with Crippen LogP contribution in [0.1, 0.15) is 21.5 Å². The van der Waals surface area contributed by atoms with Gasteiger partial charge in [0.2, 0.25) is 0 Å². The van der Waals surface area contributed by atoms with E-state index in [1.54, 1.807) is 7.11 Å². The second-order valence-electron chi connectivity index (χ2n) is 4.52. The van der Waals surface area contributed by atoms with Crippen molar-refractivity contribution in [1.29, 1.82) is 0 Å². The van der Waals surface area contributed by atoms with Crippen molar-refractivity contribution in [2.24, 2.45) is 0 Å². The highest BCUT2D eigenvalue weighted by Gasteiger charge is 2.13. The van der Waals surface area contributed by atoms with Gasteiger partial charge in [-0.25, -0.2) is 0 Å². The second kappa shape index (κ2) is 6.55. The number of rotatable bonds is 4. The third kappa shape index (κ3) is 3.49. The van der Waals surface area contributed by atoms with Crippen LogP contribution in [0.15, 0.2) is 45.3 Å². The van der Waals surface area contributed by atoms with Gasteiger partial charge in [-0.05, 0) is 48.4 Å². The van der Waals surface area contributed by atoms with Crippen LogP contribution < -0.4 is 4.74 Å². The highest BCUT2D eigenvalue weighted by Crippen LogP contribution is 2.25. The molecule has 2 rings (SSSR count). The lowest BCUT2D eigenvalue weighted by Crippen LogP contribution is -2.06. The van der Waals surface area contributed by atoms with Gasteiger partial charge >= 0.3 is 0 Å². The molecule has 0 aromatic heterocycles. The van der Waals surface area contributed by atoms with Crippen LogP contribution in [0, 0.1) is 6.92 Å². The minimum absolute atomic E-state index is 0.0951. The summed E-state index contributed by atoms with van der Waals surface area (Å²) in [5, 5.41) is 0. The summed E-state index contributed by atoms with van der Waals surface area (Å²) >= 11 is 6.88. The molecule has 0 saturated carbocycles. The molecule has 0 aliphatic heterocycles. The summed E-state index contributed by atoms with van der Waals surface area (Å²) in [5.41, 5.74) is 2.65. The molecular weight excluding hydrogens is 384 g/mol. The molecule has 0 spiro atoms. The van der Waals surface area contributed by atoms with E-state index < -0.39 is 0 Å². The highest BCUT2D eigenvalue weighted by atomic mass is 79.9. The third-order valence-corrected chi connectivity index (χ3v) is 4.37. The molecule has 0 bridgehead atoms. The lowest BCUT2D eigenvalue weighted by Gasteiger charge is -2.09. The van der Waals surface area contributed by atoms with Crippen LogP contribution in [0.3, 0.4) is 0 Å². The van der Waals surface area contributed by atoms with Crippen molar-refractivity contribution >= 4 is 37.6 Å². The first-order valence-electron chi connectivity index (χ1n) is 6.13. The Morgan fingerprint density at radius 2 is 1.90 bits per heavy atom. The number of Topliss-reactive ketones (excluding diaryl/α,β-unsaturated/α-hetero) is 1. The molecule has 0 aliphatic rings. The van der Waals surface area contributed by atoms with E-state index in [1.807, 2.05) is 43.3 Å². The normalized spacial score (nSPS) is 10.4. The van der Waals surface area contributed by atoms with E-state index in [4.69, 9.17) is 4.74 Å². The SMILES string of the molecule is COc1ccc(Br)c(CC(=O)c2cc(Br)ccc2C)c1. The van der Waals surface area contributed by atoms with E-state index in [2.05, 4.69) is 31.9 Å². The first-order chi connectivity index (χ1) is 9.51. The van der Waals surface area contributed by atoms with Gasteiger partial charge in [-0.2, -0.15) is 0 Å². The van der Waals surface area contributed by atoms with Gasteiger partial charge < -0.3 is 4.74 Å². The summed E-state index contributed by atoms with van der Waals surface area (Å²) in [5.74, 6) is 0.847. The molecule has 0 aliphatic carbocycles. The summed E-state index contributed by atoms with van der Waals surface area (Å²) in [6.45, 7) is 1.94. The van der Waals surface area contributed by atoms with Crippen LogP contribution in [-0.2, 0) is 6.42 Å². The van der Waals surface area contributed by atoms with Gasteiger partial charge in [0.25, 0.3) is 0 Å². The summed E-state index contributed by atoms with van der Waals surface area (Å²) in [4.78, 5) is 12.5. The summed E-state index contributed by atoms with van der Waals surface area (Å²) in [6, 6.07) is 11.4. The lowest BCUT2D eigenvalue weighted by atomic mass is 9.99. The van der Waals surface area contributed by atoms with Gasteiger partial charge in [-0.1, -0.05) is 37.9 Å². The molecule has 0 radical (unpaired) electrons. The number of hydrogen-bond acceptors (Lipinski definition) is 2. The summed E-state index contributed by atoms with van der Waals surface area (Å²) in [7, 11) is 1.62. The van der Waals surface area contributed by atoms with Crippen LogP contribution >= 0.6 is 31.9 Å². The average molecular weight is 398 g/mol. The first kappa shape index (κ1) is 15.3. The van der Waals surface area contributed by atoms with Crippen LogP contribution in [0.4, 0.5) is 0 Å². The van der Waals surface area contributed by atoms with Crippen LogP contribution in [0.2, 0.25) is 0 Å². The maximum atomic E-state index is 12.5. The van der Waals surface area contributed by atoms with Crippen LogP contribution in [-0.4, -0.2) is 12.9 Å². The van der Waals surface area contributed by atoms with E-state index in [0.717, 1.165) is 31.4 Å². The molecule has 0 N–H and O–H groups in total. The smallest absolute Gasteiger partial charge is 0.167 e. The maximum absolute atomic E-state index is 12.5. The van der Waals surface area contributed by atoms with Gasteiger partial charge in [0.15, 0.2) is 5.78 Å². The fraction of sp³-hybridized carbons (Fsp3) is 0.188. The number of ketones is 1. The molecule has 4 heteroatoms. The van der Waals surface area contributed by atoms with E-state index >= 15 is 0 Å². The van der Waals surface area contributed by atoms with Gasteiger partial charge in [-0.3, -0.25) is 4.79 Å². The predicted octanol–water partition coefficient (Wildman–Crippen LogP) is 4.95. The van der Waals surface area contributed by atoms with E-state index in [0.29, 0.717) is 6.42 Å². The molecule has 0 saturated heterocycles. The second-order valence-corrected chi connectivity index (χ2v) is 6.29. The topological polar surface area (TPSA) is 26.3 Å². The molecule has 2 nitrogen and oxygen atoms in total. The van der Waals surface area contributed by atoms with Crippen molar-refractivity contribution in [1.82, 2.24) is 0 Å². The Morgan fingerprint density at radius 1 is 1.15 bits per heavy atom. The van der Waals surface area contributed by atoms with Crippen molar-refractivity contribution < 1.29 is 9.53 Å². The number of benzene rings is 2. The Bertz CT molecular complexity index is 651. The minimum Gasteiger partial charge on any atom is -0.497 e. The Kier molecular flexibility index (Phi) is 5.00. The Balaban J connectivity index is 2.30. The fourth-order valence-electron chi connectivity index (χ4n) is 1.98. The molecule has 0 unspecified atom stereocenters. The van der Waals surface area contributed by atoms with Gasteiger partial charge in [0, 0.05) is 20.9 Å². The Morgan fingerprint density at radius 3 is 2.60 bits per heavy atom. The number of ether oxygens (including phenoxy) is 1. The average Bonchev–Trinajstić information content (AvgIpc) is 2.43. The number of aryl methyl sites for hydroxylation is 1. The Labute approximate surface area is 135 Å². The molecule has 0 fully saturated rings. The highest BCUT2D eigenvalue weighted by molar-refractivity contribution is 9.10. The van der Waals surface area contributed by atoms with Crippen LogP contribution in [0.5, 0.6) is 5.75 Å². The first-order valence-corrected chi connectivity index (χ1v) is 7.71. The molecule has 20 heavy (non-hydrogen) atoms. The number of hydrogen-bond donors (Lipinski definition) is 0. The molecule has 0 heterocycles. The van der Waals surface area contributed by atoms with E-state index in [-0.39, 0.29) is 5.78 Å². The molecular formula is C16H14Br2O2. The quantitative estimate of drug-likeness (QED) is 0.682. The van der Waals surface area contributed by atoms with Crippen molar-refractivity contribution in [3.63, 3.8) is 0 Å². The molecule has 0 atom stereocenters. The van der Waals surface area contributed by atoms with Gasteiger partial charge in [-0.15, -0.1) is 0 Å². The summed E-state index contributed by atoms with van der Waals surface area (Å²) in [6.07, 6.45) is 0.342. The lowest BCUT2D eigenvalue weighted by molar-refractivity contribution is 0.0992. The monoisotopic (exact) mass is 396 g/mol. The zero-order chi connectivity index (χ0) is 14.7. The predicted molar refractivity (Wildman–Crippen MR) is 87.6 cm³/mol. The third-order valence-electron chi connectivity index (χ3n) is 3.10. The molecule has 2 aromatic carbocycles. The van der Waals surface area contributed by atoms with Crippen molar-refractivity contribution in [2.75, 3.05) is 7.11 Å². The zero-order valence-electron chi connectivity index (χ0n) is 11.2. The standard InChI is InChI=1S/C16H14Br2O2/c1-10-3-4-12(17)9-14(10)16(19)8-11-7-13(20-2)5-6-15(11)18/h3-7,9H,8H2,1-2H3. The molecule has 2 aromatic rings. The number of methoxy groups -OCH3 is 1. The summed E-state index contributed by atoms with van der Waals surface area (Å²) < 4.78 is 7.03. The zero-order valence-corrected chi connectivity index (χ0v) is 14.4. The van der Waals surface area contributed by atoms with Crippen molar-refractivity contribution in [2.45, 2.75) is 13.3 Å². The van der Waals surface area contributed by atoms with E-state index in [1.165, 1.54) is 0 Å². The largest absolute Gasteiger partial charge is 0.497 e. The minimum atomic E-state index is 0.0951. The fourth-order valence-corrected chi connectivity index (χ4v) is 2.72. The van der Waals surface area contributed by atoms with Crippen LogP contribution in [0.25, 0.3) is 0 Å². The molecule has 104 valence electrons. The maximum Gasteiger partial charge on any atom is 0.167 e. The van der Waals surface area contributed by atoms with E-state index in [9.17, 15) is 4.79 Å². The van der Waals surface area contributed by atoms with Gasteiger partial charge in [0.05, 0.1) is 7.11 Å². The number of carbonyl (C=O) groups is 1. The number of halogens is 2. The van der Waals surface area contributed by atoms with Crippen molar-refractivity contribution in [3.8, 4) is 5.75 Å².